The summed E-state index contributed by atoms with van der Waals surface area (Å²) in [5.41, 5.74) is 2.54. The van der Waals surface area contributed by atoms with Crippen molar-refractivity contribution in [1.29, 1.82) is 0 Å². The minimum atomic E-state index is -3.54. The van der Waals surface area contributed by atoms with Gasteiger partial charge < -0.3 is 9.31 Å². The Morgan fingerprint density at radius 1 is 1.12 bits per heavy atom. The fraction of sp³-hybridized carbons (Fsp3) is 0.474. The molecule has 1 aliphatic heterocycles. The third kappa shape index (κ3) is 5.07. The standard InChI is InChI=1S/C19H28BNO4S/c1-14(2)24-20(25-15(3)4)17(6)18-11-12-21(13-18)26(22,23)19-9-7-16(5)8-10-19/h7-11,14-15H,6,12-13H2,1-5H3. The zero-order valence-electron chi connectivity index (χ0n) is 16.2. The van der Waals surface area contributed by atoms with Crippen LogP contribution in [0.3, 0.4) is 0 Å². The Balaban J connectivity index is 2.12. The number of aryl methyl sites for hydroxylation is 1. The maximum Gasteiger partial charge on any atom is 0.493 e. The van der Waals surface area contributed by atoms with Crippen molar-refractivity contribution in [3.8, 4) is 0 Å². The van der Waals surface area contributed by atoms with Crippen LogP contribution in [-0.4, -0.2) is 45.1 Å². The molecule has 1 heterocycles. The zero-order valence-corrected chi connectivity index (χ0v) is 17.0. The van der Waals surface area contributed by atoms with Gasteiger partial charge >= 0.3 is 7.12 Å². The van der Waals surface area contributed by atoms with Gasteiger partial charge in [0.2, 0.25) is 10.0 Å². The molecule has 1 aromatic rings. The highest BCUT2D eigenvalue weighted by Gasteiger charge is 2.34. The Hall–Kier alpha value is -1.41. The van der Waals surface area contributed by atoms with Crippen molar-refractivity contribution in [3.63, 3.8) is 0 Å². The smallest absolute Gasteiger partial charge is 0.405 e. The fourth-order valence-electron chi connectivity index (χ4n) is 2.65. The molecule has 2 rings (SSSR count). The van der Waals surface area contributed by atoms with Gasteiger partial charge in [-0.25, -0.2) is 8.42 Å². The van der Waals surface area contributed by atoms with Crippen molar-refractivity contribution >= 4 is 17.1 Å². The van der Waals surface area contributed by atoms with E-state index in [2.05, 4.69) is 6.58 Å². The Labute approximate surface area is 157 Å². The van der Waals surface area contributed by atoms with E-state index in [-0.39, 0.29) is 18.8 Å². The van der Waals surface area contributed by atoms with E-state index < -0.39 is 17.1 Å². The minimum Gasteiger partial charge on any atom is -0.405 e. The molecule has 142 valence electrons. The SMILES string of the molecule is C=C(B(OC(C)C)OC(C)C)C1=CCN(S(=O)(=O)c2ccc(C)cc2)C1. The number of nitrogens with zero attached hydrogens (tertiary/aromatic N) is 1. The van der Waals surface area contributed by atoms with Crippen LogP contribution in [0.25, 0.3) is 0 Å². The van der Waals surface area contributed by atoms with Crippen molar-refractivity contribution in [2.24, 2.45) is 0 Å². The van der Waals surface area contributed by atoms with Gasteiger partial charge in [0, 0.05) is 25.3 Å². The van der Waals surface area contributed by atoms with Gasteiger partial charge in [-0.3, -0.25) is 0 Å². The molecule has 0 saturated heterocycles. The van der Waals surface area contributed by atoms with Gasteiger partial charge in [-0.15, -0.1) is 0 Å². The van der Waals surface area contributed by atoms with Crippen LogP contribution in [-0.2, 0) is 19.3 Å². The molecule has 0 saturated carbocycles. The molecular weight excluding hydrogens is 349 g/mol. The van der Waals surface area contributed by atoms with Crippen molar-refractivity contribution in [2.75, 3.05) is 13.1 Å². The summed E-state index contributed by atoms with van der Waals surface area (Å²) in [6, 6.07) is 6.90. The van der Waals surface area contributed by atoms with Crippen molar-refractivity contribution in [1.82, 2.24) is 4.31 Å². The van der Waals surface area contributed by atoms with Crippen LogP contribution in [0.1, 0.15) is 33.3 Å². The first kappa shape index (κ1) is 20.9. The van der Waals surface area contributed by atoms with Gasteiger partial charge in [-0.05, 0) is 57.8 Å². The maximum absolute atomic E-state index is 12.8. The molecule has 7 heteroatoms. The number of sulfonamides is 1. The van der Waals surface area contributed by atoms with Crippen molar-refractivity contribution in [2.45, 2.75) is 51.7 Å². The second-order valence-corrected chi connectivity index (χ2v) is 9.00. The lowest BCUT2D eigenvalue weighted by atomic mass is 9.74. The van der Waals surface area contributed by atoms with Crippen LogP contribution in [0, 0.1) is 6.92 Å². The predicted molar refractivity (Wildman–Crippen MR) is 105 cm³/mol. The van der Waals surface area contributed by atoms with Crippen LogP contribution in [0.4, 0.5) is 0 Å². The van der Waals surface area contributed by atoms with E-state index in [4.69, 9.17) is 9.31 Å². The molecule has 0 spiro atoms. The number of hydrogen-bond donors (Lipinski definition) is 0. The van der Waals surface area contributed by atoms with Crippen molar-refractivity contribution < 1.29 is 17.7 Å². The van der Waals surface area contributed by atoms with Crippen LogP contribution >= 0.6 is 0 Å². The molecule has 0 bridgehead atoms. The summed E-state index contributed by atoms with van der Waals surface area (Å²) in [6.07, 6.45) is 1.84. The lowest BCUT2D eigenvalue weighted by Crippen LogP contribution is -2.34. The molecule has 0 radical (unpaired) electrons. The van der Waals surface area contributed by atoms with E-state index in [1.165, 1.54) is 4.31 Å². The topological polar surface area (TPSA) is 55.8 Å². The molecule has 0 fully saturated rings. The lowest BCUT2D eigenvalue weighted by Gasteiger charge is -2.23. The molecule has 1 aromatic carbocycles. The summed E-state index contributed by atoms with van der Waals surface area (Å²) in [4.78, 5) is 0.303. The van der Waals surface area contributed by atoms with Crippen LogP contribution < -0.4 is 0 Å². The molecule has 0 aliphatic carbocycles. The Bertz CT molecular complexity index is 759. The summed E-state index contributed by atoms with van der Waals surface area (Å²) >= 11 is 0. The van der Waals surface area contributed by atoms with E-state index >= 15 is 0 Å². The Morgan fingerprint density at radius 3 is 2.15 bits per heavy atom. The molecule has 0 atom stereocenters. The lowest BCUT2D eigenvalue weighted by molar-refractivity contribution is 0.136. The van der Waals surface area contributed by atoms with E-state index in [9.17, 15) is 8.42 Å². The van der Waals surface area contributed by atoms with Crippen LogP contribution in [0.2, 0.25) is 0 Å². The third-order valence-electron chi connectivity index (χ3n) is 4.04. The van der Waals surface area contributed by atoms with Gasteiger partial charge in [0.15, 0.2) is 0 Å². The van der Waals surface area contributed by atoms with E-state index in [1.807, 2.05) is 40.7 Å². The predicted octanol–water partition coefficient (Wildman–Crippen LogP) is 3.36. The molecule has 0 N–H and O–H groups in total. The highest BCUT2D eigenvalue weighted by Crippen LogP contribution is 2.26. The minimum absolute atomic E-state index is 0.0232. The molecule has 5 nitrogen and oxygen atoms in total. The monoisotopic (exact) mass is 377 g/mol. The Kier molecular flexibility index (Phi) is 6.85. The number of rotatable bonds is 8. The second-order valence-electron chi connectivity index (χ2n) is 7.07. The molecule has 0 aromatic heterocycles. The molecule has 0 unspecified atom stereocenters. The third-order valence-corrected chi connectivity index (χ3v) is 5.86. The number of benzene rings is 1. The highest BCUT2D eigenvalue weighted by atomic mass is 32.2. The van der Waals surface area contributed by atoms with E-state index in [0.29, 0.717) is 16.9 Å². The van der Waals surface area contributed by atoms with Crippen LogP contribution in [0.15, 0.2) is 52.9 Å². The van der Waals surface area contributed by atoms with Crippen LogP contribution in [0.5, 0.6) is 0 Å². The normalized spacial score (nSPS) is 15.6. The summed E-state index contributed by atoms with van der Waals surface area (Å²) in [5, 5.41) is 0. The molecule has 0 amide bonds. The van der Waals surface area contributed by atoms with E-state index in [0.717, 1.165) is 11.1 Å². The summed E-state index contributed by atoms with van der Waals surface area (Å²) in [5.74, 6) is 0. The molecular formula is C19H28BNO4S. The largest absolute Gasteiger partial charge is 0.493 e. The second kappa shape index (κ2) is 8.52. The molecule has 1 aliphatic rings. The average Bonchev–Trinajstić information content (AvgIpc) is 3.03. The van der Waals surface area contributed by atoms with Gasteiger partial charge in [0.25, 0.3) is 0 Å². The maximum atomic E-state index is 12.8. The fourth-order valence-corrected chi connectivity index (χ4v) is 4.01. The first-order valence-electron chi connectivity index (χ1n) is 8.87. The van der Waals surface area contributed by atoms with Gasteiger partial charge in [-0.1, -0.05) is 30.4 Å². The Morgan fingerprint density at radius 2 is 1.65 bits per heavy atom. The summed E-state index contributed by atoms with van der Waals surface area (Å²) < 4.78 is 38.8. The summed E-state index contributed by atoms with van der Waals surface area (Å²) in [6.45, 7) is 14.4. The highest BCUT2D eigenvalue weighted by molar-refractivity contribution is 7.89. The van der Waals surface area contributed by atoms with Crippen molar-refractivity contribution in [3.05, 3.63) is 53.5 Å². The quantitative estimate of drug-likeness (QED) is 0.652. The van der Waals surface area contributed by atoms with E-state index in [1.54, 1.807) is 24.3 Å². The average molecular weight is 377 g/mol. The van der Waals surface area contributed by atoms with Gasteiger partial charge in [0.1, 0.15) is 0 Å². The first-order valence-corrected chi connectivity index (χ1v) is 10.3. The number of hydrogen-bond acceptors (Lipinski definition) is 4. The first-order chi connectivity index (χ1) is 12.1. The summed E-state index contributed by atoms with van der Waals surface area (Å²) in [7, 11) is -4.12. The zero-order chi connectivity index (χ0) is 19.5. The van der Waals surface area contributed by atoms with Gasteiger partial charge in [0.05, 0.1) is 4.90 Å². The van der Waals surface area contributed by atoms with Gasteiger partial charge in [-0.2, -0.15) is 4.31 Å². The molecule has 26 heavy (non-hydrogen) atoms.